The molecule has 0 spiro atoms. The second kappa shape index (κ2) is 5.43. The first-order chi connectivity index (χ1) is 6.70. The van der Waals surface area contributed by atoms with Crippen LogP contribution in [0.15, 0.2) is 4.99 Å². The minimum atomic E-state index is -0.943. The lowest BCUT2D eigenvalue weighted by Crippen LogP contribution is -2.36. The summed E-state index contributed by atoms with van der Waals surface area (Å²) in [6.07, 6.45) is 1.21. The van der Waals surface area contributed by atoms with Gasteiger partial charge < -0.3 is 21.5 Å². The van der Waals surface area contributed by atoms with Crippen LogP contribution in [0.25, 0.3) is 0 Å². The molecular weight excluding hydrogens is 184 g/mol. The van der Waals surface area contributed by atoms with Gasteiger partial charge in [-0.05, 0) is 12.8 Å². The predicted molar refractivity (Wildman–Crippen MR) is 53.2 cm³/mol. The zero-order valence-electron chi connectivity index (χ0n) is 7.99. The van der Waals surface area contributed by atoms with Gasteiger partial charge >= 0.3 is 5.97 Å². The van der Waals surface area contributed by atoms with Crippen LogP contribution in [0.2, 0.25) is 0 Å². The van der Waals surface area contributed by atoms with Crippen LogP contribution in [0, 0.1) is 0 Å². The molecule has 0 fully saturated rings. The Bertz CT molecular complexity index is 229. The van der Waals surface area contributed by atoms with Crippen LogP contribution in [-0.4, -0.2) is 42.7 Å². The molecule has 0 unspecified atom stereocenters. The normalized spacial score (nSPS) is 17.1. The van der Waals surface area contributed by atoms with Crippen molar-refractivity contribution < 1.29 is 9.90 Å². The first-order valence-corrected chi connectivity index (χ1v) is 4.70. The molecule has 0 saturated carbocycles. The topological polar surface area (TPSA) is 99.7 Å². The monoisotopic (exact) mass is 200 g/mol. The van der Waals surface area contributed by atoms with Crippen LogP contribution in [0.1, 0.15) is 12.8 Å². The van der Waals surface area contributed by atoms with Gasteiger partial charge in [-0.25, -0.2) is 0 Å². The molecular formula is C8H16N4O2. The van der Waals surface area contributed by atoms with Crippen LogP contribution >= 0.6 is 0 Å². The van der Waals surface area contributed by atoms with Gasteiger partial charge in [-0.1, -0.05) is 0 Å². The fourth-order valence-electron chi connectivity index (χ4n) is 1.17. The Morgan fingerprint density at radius 2 is 2.57 bits per heavy atom. The maximum Gasteiger partial charge on any atom is 0.320 e. The third-order valence-electron chi connectivity index (χ3n) is 1.98. The van der Waals surface area contributed by atoms with E-state index in [0.717, 1.165) is 25.5 Å². The number of carboxylic acid groups (broad SMARTS) is 1. The quantitative estimate of drug-likeness (QED) is 0.414. The highest BCUT2D eigenvalue weighted by atomic mass is 16.4. The van der Waals surface area contributed by atoms with E-state index in [0.29, 0.717) is 13.0 Å². The van der Waals surface area contributed by atoms with Gasteiger partial charge in [0, 0.05) is 13.1 Å². The van der Waals surface area contributed by atoms with E-state index < -0.39 is 12.0 Å². The summed E-state index contributed by atoms with van der Waals surface area (Å²) in [5.41, 5.74) is 5.34. The third kappa shape index (κ3) is 3.61. The van der Waals surface area contributed by atoms with Crippen molar-refractivity contribution in [3.8, 4) is 0 Å². The lowest BCUT2D eigenvalue weighted by atomic mass is 10.2. The Morgan fingerprint density at radius 1 is 1.79 bits per heavy atom. The van der Waals surface area contributed by atoms with Gasteiger partial charge in [0.05, 0.1) is 6.54 Å². The molecule has 0 saturated heterocycles. The molecule has 0 radical (unpaired) electrons. The number of carbonyl (C=O) groups is 1. The number of rotatable bonds is 5. The van der Waals surface area contributed by atoms with Crippen molar-refractivity contribution in [1.82, 2.24) is 10.6 Å². The molecule has 6 nitrogen and oxygen atoms in total. The first kappa shape index (κ1) is 10.8. The van der Waals surface area contributed by atoms with Crippen molar-refractivity contribution in [1.29, 1.82) is 0 Å². The molecule has 1 aliphatic rings. The molecule has 0 aromatic heterocycles. The molecule has 5 N–H and O–H groups in total. The fraction of sp³-hybridized carbons (Fsp3) is 0.750. The summed E-state index contributed by atoms with van der Waals surface area (Å²) in [5.74, 6) is -0.143. The molecule has 6 heteroatoms. The van der Waals surface area contributed by atoms with Crippen LogP contribution in [0.4, 0.5) is 0 Å². The predicted octanol–water partition coefficient (Wildman–Crippen LogP) is -1.27. The Balaban J connectivity index is 2.01. The number of nitrogens with one attached hydrogen (secondary N) is 2. The van der Waals surface area contributed by atoms with Crippen molar-refractivity contribution in [2.45, 2.75) is 18.9 Å². The molecule has 0 aliphatic carbocycles. The average Bonchev–Trinajstić information content (AvgIpc) is 2.64. The zero-order chi connectivity index (χ0) is 10.4. The summed E-state index contributed by atoms with van der Waals surface area (Å²) in [4.78, 5) is 14.5. The van der Waals surface area contributed by atoms with Gasteiger partial charge in [-0.2, -0.15) is 0 Å². The standard InChI is InChI=1S/C8H16N4O2/c9-6(7(13)14)2-1-3-10-8-11-4-5-12-8/h6H,1-5,9H2,(H,13,14)(H2,10,11,12)/t6-/m1/s1. The number of aliphatic carboxylic acids is 1. The SMILES string of the molecule is N[C@H](CCCNC1=NCCN1)C(=O)O. The number of guanidine groups is 1. The Labute approximate surface area is 82.6 Å². The largest absolute Gasteiger partial charge is 0.480 e. The Kier molecular flexibility index (Phi) is 4.18. The summed E-state index contributed by atoms with van der Waals surface area (Å²) in [6, 6.07) is -0.754. The Morgan fingerprint density at radius 3 is 3.14 bits per heavy atom. The van der Waals surface area contributed by atoms with E-state index in [2.05, 4.69) is 15.6 Å². The molecule has 1 atom stereocenters. The van der Waals surface area contributed by atoms with E-state index in [4.69, 9.17) is 10.8 Å². The number of nitrogens with two attached hydrogens (primary N) is 1. The number of hydrogen-bond acceptors (Lipinski definition) is 5. The minimum absolute atomic E-state index is 0.482. The van der Waals surface area contributed by atoms with Gasteiger partial charge in [0.25, 0.3) is 0 Å². The van der Waals surface area contributed by atoms with Crippen molar-refractivity contribution >= 4 is 11.9 Å². The Hall–Kier alpha value is -1.30. The lowest BCUT2D eigenvalue weighted by Gasteiger charge is -2.08. The van der Waals surface area contributed by atoms with Gasteiger partial charge in [0.2, 0.25) is 0 Å². The smallest absolute Gasteiger partial charge is 0.320 e. The fourth-order valence-corrected chi connectivity index (χ4v) is 1.17. The minimum Gasteiger partial charge on any atom is -0.480 e. The second-order valence-electron chi connectivity index (χ2n) is 3.17. The molecule has 1 heterocycles. The van der Waals surface area contributed by atoms with Gasteiger partial charge in [-0.15, -0.1) is 0 Å². The van der Waals surface area contributed by atoms with Crippen molar-refractivity contribution in [2.75, 3.05) is 19.6 Å². The van der Waals surface area contributed by atoms with Gasteiger partial charge in [0.15, 0.2) is 5.96 Å². The van der Waals surface area contributed by atoms with Crippen LogP contribution in [0.5, 0.6) is 0 Å². The number of carboxylic acids is 1. The highest BCUT2D eigenvalue weighted by Crippen LogP contribution is 1.93. The summed E-state index contributed by atoms with van der Waals surface area (Å²) >= 11 is 0. The number of nitrogens with zero attached hydrogens (tertiary/aromatic N) is 1. The molecule has 0 bridgehead atoms. The first-order valence-electron chi connectivity index (χ1n) is 4.70. The van der Waals surface area contributed by atoms with Crippen LogP contribution < -0.4 is 16.4 Å². The van der Waals surface area contributed by atoms with E-state index in [-0.39, 0.29) is 0 Å². The van der Waals surface area contributed by atoms with Gasteiger partial charge in [0.1, 0.15) is 6.04 Å². The molecule has 1 rings (SSSR count). The summed E-state index contributed by atoms with van der Waals surface area (Å²) in [7, 11) is 0. The molecule has 14 heavy (non-hydrogen) atoms. The summed E-state index contributed by atoms with van der Waals surface area (Å²) in [6.45, 7) is 2.38. The zero-order valence-corrected chi connectivity index (χ0v) is 7.99. The molecule has 1 aliphatic heterocycles. The highest BCUT2D eigenvalue weighted by molar-refractivity contribution is 5.81. The van der Waals surface area contributed by atoms with E-state index in [9.17, 15) is 4.79 Å². The van der Waals surface area contributed by atoms with Crippen molar-refractivity contribution in [3.63, 3.8) is 0 Å². The molecule has 80 valence electrons. The maximum absolute atomic E-state index is 10.4. The van der Waals surface area contributed by atoms with E-state index in [1.165, 1.54) is 0 Å². The second-order valence-corrected chi connectivity index (χ2v) is 3.17. The van der Waals surface area contributed by atoms with E-state index in [1.807, 2.05) is 0 Å². The van der Waals surface area contributed by atoms with E-state index >= 15 is 0 Å². The molecule has 0 aromatic rings. The van der Waals surface area contributed by atoms with Gasteiger partial charge in [-0.3, -0.25) is 9.79 Å². The summed E-state index contributed by atoms with van der Waals surface area (Å²) in [5, 5.41) is 14.6. The highest BCUT2D eigenvalue weighted by Gasteiger charge is 2.10. The lowest BCUT2D eigenvalue weighted by molar-refractivity contribution is -0.138. The third-order valence-corrected chi connectivity index (χ3v) is 1.98. The molecule has 0 amide bonds. The number of hydrogen-bond donors (Lipinski definition) is 4. The van der Waals surface area contributed by atoms with Crippen LogP contribution in [-0.2, 0) is 4.79 Å². The van der Waals surface area contributed by atoms with E-state index in [1.54, 1.807) is 0 Å². The maximum atomic E-state index is 10.4. The van der Waals surface area contributed by atoms with Crippen molar-refractivity contribution in [2.24, 2.45) is 10.7 Å². The van der Waals surface area contributed by atoms with Crippen LogP contribution in [0.3, 0.4) is 0 Å². The number of aliphatic imine (C=N–C) groups is 1. The average molecular weight is 200 g/mol. The van der Waals surface area contributed by atoms with Crippen molar-refractivity contribution in [3.05, 3.63) is 0 Å². The molecule has 0 aromatic carbocycles. The summed E-state index contributed by atoms with van der Waals surface area (Å²) < 4.78 is 0.